The molecule has 1 aromatic heterocycles. The van der Waals surface area contributed by atoms with Crippen molar-refractivity contribution < 1.29 is 9.32 Å². The Kier molecular flexibility index (Phi) is 3.24. The molecule has 0 aliphatic heterocycles. The smallest absolute Gasteiger partial charge is 0.251 e. The van der Waals surface area contributed by atoms with E-state index in [0.717, 1.165) is 0 Å². The number of hydrogen-bond acceptors (Lipinski definition) is 5. The maximum absolute atomic E-state index is 11.7. The molecule has 0 aliphatic rings. The number of hydrogen-bond donors (Lipinski definition) is 2. The molecule has 3 N–H and O–H groups in total. The predicted molar refractivity (Wildman–Crippen MR) is 61.3 cm³/mol. The summed E-state index contributed by atoms with van der Waals surface area (Å²) in [7, 11) is 0. The molecular weight excluding hydrogens is 244 g/mol. The average molecular weight is 253 g/mol. The summed E-state index contributed by atoms with van der Waals surface area (Å²) in [6.45, 7) is 0.192. The van der Waals surface area contributed by atoms with Gasteiger partial charge in [-0.1, -0.05) is 16.8 Å². The molecule has 0 fully saturated rings. The maximum atomic E-state index is 11.7. The van der Waals surface area contributed by atoms with E-state index in [4.69, 9.17) is 17.3 Å². The van der Waals surface area contributed by atoms with Crippen LogP contribution in [0.15, 0.2) is 29.1 Å². The maximum Gasteiger partial charge on any atom is 0.251 e. The van der Waals surface area contributed by atoms with Gasteiger partial charge in [0.05, 0.1) is 17.3 Å². The first kappa shape index (κ1) is 11.4. The van der Waals surface area contributed by atoms with E-state index in [2.05, 4.69) is 20.0 Å². The Morgan fingerprint density at radius 3 is 3.00 bits per heavy atom. The van der Waals surface area contributed by atoms with Crippen LogP contribution in [0.2, 0.25) is 5.02 Å². The number of carbonyl (C=O) groups excluding carboxylic acids is 1. The molecule has 2 rings (SSSR count). The van der Waals surface area contributed by atoms with Gasteiger partial charge in [-0.2, -0.15) is 4.98 Å². The van der Waals surface area contributed by atoms with Crippen LogP contribution in [-0.4, -0.2) is 16.0 Å². The standard InChI is InChI=1S/C10H9ClN4O2/c11-7-2-1-6(3-8(7)12)10(16)13-4-9-14-5-17-15-9/h1-3,5H,4,12H2,(H,13,16). The van der Waals surface area contributed by atoms with E-state index in [-0.39, 0.29) is 12.5 Å². The number of nitrogen functional groups attached to an aromatic ring is 1. The zero-order chi connectivity index (χ0) is 12.3. The van der Waals surface area contributed by atoms with Crippen molar-refractivity contribution in [1.29, 1.82) is 0 Å². The summed E-state index contributed by atoms with van der Waals surface area (Å²) in [6, 6.07) is 4.66. The van der Waals surface area contributed by atoms with Gasteiger partial charge in [-0.25, -0.2) is 0 Å². The lowest BCUT2D eigenvalue weighted by molar-refractivity contribution is 0.0949. The normalized spacial score (nSPS) is 10.2. The molecule has 1 heterocycles. The Hall–Kier alpha value is -2.08. The Bertz CT molecular complexity index is 527. The highest BCUT2D eigenvalue weighted by Crippen LogP contribution is 2.19. The van der Waals surface area contributed by atoms with Crippen LogP contribution in [0.25, 0.3) is 0 Å². The highest BCUT2D eigenvalue weighted by Gasteiger charge is 2.08. The lowest BCUT2D eigenvalue weighted by Gasteiger charge is -2.04. The second kappa shape index (κ2) is 4.84. The van der Waals surface area contributed by atoms with Crippen molar-refractivity contribution in [2.24, 2.45) is 0 Å². The van der Waals surface area contributed by atoms with E-state index >= 15 is 0 Å². The number of benzene rings is 1. The average Bonchev–Trinajstić information content (AvgIpc) is 2.82. The van der Waals surface area contributed by atoms with Crippen LogP contribution in [0.1, 0.15) is 16.2 Å². The van der Waals surface area contributed by atoms with Crippen LogP contribution >= 0.6 is 11.6 Å². The lowest BCUT2D eigenvalue weighted by atomic mass is 10.2. The fourth-order valence-electron chi connectivity index (χ4n) is 1.22. The van der Waals surface area contributed by atoms with Gasteiger partial charge in [-0.05, 0) is 18.2 Å². The highest BCUT2D eigenvalue weighted by atomic mass is 35.5. The Balaban J connectivity index is 2.02. The first-order chi connectivity index (χ1) is 8.16. The fourth-order valence-corrected chi connectivity index (χ4v) is 1.33. The number of aromatic nitrogens is 2. The number of anilines is 1. The molecule has 88 valence electrons. The van der Waals surface area contributed by atoms with Gasteiger partial charge >= 0.3 is 0 Å². The molecule has 6 nitrogen and oxygen atoms in total. The molecule has 0 spiro atoms. The van der Waals surface area contributed by atoms with Crippen LogP contribution < -0.4 is 11.1 Å². The monoisotopic (exact) mass is 252 g/mol. The molecule has 0 bridgehead atoms. The minimum absolute atomic E-state index is 0.192. The van der Waals surface area contributed by atoms with Gasteiger partial charge in [0.1, 0.15) is 0 Å². The van der Waals surface area contributed by atoms with E-state index in [1.54, 1.807) is 12.1 Å². The SMILES string of the molecule is Nc1cc(C(=O)NCc2ncon2)ccc1Cl. The molecular formula is C10H9ClN4O2. The molecule has 17 heavy (non-hydrogen) atoms. The second-order valence-corrected chi connectivity index (χ2v) is 3.67. The molecule has 0 saturated heterocycles. The summed E-state index contributed by atoms with van der Waals surface area (Å²) in [5, 5.41) is 6.61. The third-order valence-electron chi connectivity index (χ3n) is 2.07. The van der Waals surface area contributed by atoms with E-state index in [0.29, 0.717) is 22.1 Å². The van der Waals surface area contributed by atoms with Crippen molar-refractivity contribution in [1.82, 2.24) is 15.5 Å². The topological polar surface area (TPSA) is 94.0 Å². The third kappa shape index (κ3) is 2.73. The molecule has 2 aromatic rings. The Labute approximate surface area is 102 Å². The number of rotatable bonds is 3. The van der Waals surface area contributed by atoms with E-state index < -0.39 is 0 Å². The van der Waals surface area contributed by atoms with Gasteiger partial charge in [-0.15, -0.1) is 0 Å². The first-order valence-corrected chi connectivity index (χ1v) is 5.13. The van der Waals surface area contributed by atoms with Gasteiger partial charge in [0, 0.05) is 5.56 Å². The minimum Gasteiger partial charge on any atom is -0.398 e. The molecule has 1 amide bonds. The number of halogens is 1. The van der Waals surface area contributed by atoms with Crippen molar-refractivity contribution in [3.63, 3.8) is 0 Å². The van der Waals surface area contributed by atoms with Gasteiger partial charge in [0.15, 0.2) is 5.82 Å². The lowest BCUT2D eigenvalue weighted by Crippen LogP contribution is -2.23. The van der Waals surface area contributed by atoms with Crippen molar-refractivity contribution in [3.05, 3.63) is 41.0 Å². The minimum atomic E-state index is -0.279. The molecule has 0 aliphatic carbocycles. The van der Waals surface area contributed by atoms with Gasteiger partial charge in [-0.3, -0.25) is 4.79 Å². The Morgan fingerprint density at radius 2 is 2.35 bits per heavy atom. The summed E-state index contributed by atoms with van der Waals surface area (Å²) in [6.07, 6.45) is 1.20. The zero-order valence-corrected chi connectivity index (χ0v) is 9.44. The summed E-state index contributed by atoms with van der Waals surface area (Å²) in [5.41, 5.74) is 6.38. The predicted octanol–water partition coefficient (Wildman–Crippen LogP) is 1.24. The van der Waals surface area contributed by atoms with Crippen LogP contribution in [0.4, 0.5) is 5.69 Å². The summed E-state index contributed by atoms with van der Waals surface area (Å²) < 4.78 is 4.54. The second-order valence-electron chi connectivity index (χ2n) is 3.27. The van der Waals surface area contributed by atoms with Crippen LogP contribution in [-0.2, 0) is 6.54 Å². The first-order valence-electron chi connectivity index (χ1n) is 4.75. The van der Waals surface area contributed by atoms with Crippen molar-refractivity contribution in [2.45, 2.75) is 6.54 Å². The molecule has 0 radical (unpaired) electrons. The number of nitrogens with one attached hydrogen (secondary N) is 1. The number of nitrogens with two attached hydrogens (primary N) is 1. The van der Waals surface area contributed by atoms with E-state index in [1.807, 2.05) is 0 Å². The number of nitrogens with zero attached hydrogens (tertiary/aromatic N) is 2. The largest absolute Gasteiger partial charge is 0.398 e. The van der Waals surface area contributed by atoms with Crippen LogP contribution in [0.5, 0.6) is 0 Å². The van der Waals surface area contributed by atoms with Gasteiger partial charge < -0.3 is 15.6 Å². The number of amides is 1. The summed E-state index contributed by atoms with van der Waals surface area (Å²) >= 11 is 5.75. The molecule has 1 aromatic carbocycles. The fraction of sp³-hybridized carbons (Fsp3) is 0.100. The molecule has 0 atom stereocenters. The Morgan fingerprint density at radius 1 is 1.53 bits per heavy atom. The summed E-state index contributed by atoms with van der Waals surface area (Å²) in [5.74, 6) is 0.124. The van der Waals surface area contributed by atoms with E-state index in [9.17, 15) is 4.79 Å². The van der Waals surface area contributed by atoms with Gasteiger partial charge in [0.25, 0.3) is 5.91 Å². The van der Waals surface area contributed by atoms with E-state index in [1.165, 1.54) is 12.5 Å². The van der Waals surface area contributed by atoms with Crippen molar-refractivity contribution in [3.8, 4) is 0 Å². The van der Waals surface area contributed by atoms with Crippen molar-refractivity contribution in [2.75, 3.05) is 5.73 Å². The molecule has 7 heteroatoms. The van der Waals surface area contributed by atoms with Crippen LogP contribution in [0.3, 0.4) is 0 Å². The highest BCUT2D eigenvalue weighted by molar-refractivity contribution is 6.33. The molecule has 0 unspecified atom stereocenters. The van der Waals surface area contributed by atoms with Gasteiger partial charge in [0.2, 0.25) is 6.39 Å². The van der Waals surface area contributed by atoms with Crippen LogP contribution in [0, 0.1) is 0 Å². The molecule has 0 saturated carbocycles. The quantitative estimate of drug-likeness (QED) is 0.802. The third-order valence-corrected chi connectivity index (χ3v) is 2.42. The zero-order valence-electron chi connectivity index (χ0n) is 8.68. The van der Waals surface area contributed by atoms with Crippen molar-refractivity contribution >= 4 is 23.2 Å². The number of carbonyl (C=O) groups is 1. The summed E-state index contributed by atoms with van der Waals surface area (Å²) in [4.78, 5) is 15.5.